The first-order valence-electron chi connectivity index (χ1n) is 6.11. The van der Waals surface area contributed by atoms with Gasteiger partial charge in [-0.3, -0.25) is 0 Å². The van der Waals surface area contributed by atoms with Crippen molar-refractivity contribution in [3.05, 3.63) is 52.5 Å². The van der Waals surface area contributed by atoms with Crippen molar-refractivity contribution in [1.29, 1.82) is 0 Å². The van der Waals surface area contributed by atoms with Gasteiger partial charge in [-0.2, -0.15) is 0 Å². The van der Waals surface area contributed by atoms with E-state index < -0.39 is 5.54 Å². The summed E-state index contributed by atoms with van der Waals surface area (Å²) in [5, 5.41) is 32.1. The molecular formula is C15H16BrNO3. The Hall–Kier alpha value is -1.72. The normalized spacial score (nSPS) is 13.8. The monoisotopic (exact) mass is 337 g/mol. The van der Waals surface area contributed by atoms with E-state index in [4.69, 9.17) is 0 Å². The lowest BCUT2D eigenvalue weighted by Gasteiger charge is -2.30. The molecular weight excluding hydrogens is 322 g/mol. The van der Waals surface area contributed by atoms with Crippen molar-refractivity contribution in [3.8, 4) is 11.5 Å². The SMILES string of the molecule is CC(CO)(Nc1ccc(Br)cc1)c1cc(O)cc(O)c1. The number of phenols is 2. The van der Waals surface area contributed by atoms with Gasteiger partial charge in [0, 0.05) is 16.2 Å². The third kappa shape index (κ3) is 3.23. The van der Waals surface area contributed by atoms with Crippen LogP contribution in [0.25, 0.3) is 0 Å². The van der Waals surface area contributed by atoms with Crippen LogP contribution in [0.5, 0.6) is 11.5 Å². The number of benzene rings is 2. The number of phenolic OH excluding ortho intramolecular Hbond substituents is 2. The highest BCUT2D eigenvalue weighted by Crippen LogP contribution is 2.31. The summed E-state index contributed by atoms with van der Waals surface area (Å²) >= 11 is 3.36. The van der Waals surface area contributed by atoms with E-state index in [2.05, 4.69) is 21.2 Å². The molecule has 2 aromatic rings. The quantitative estimate of drug-likeness (QED) is 0.691. The van der Waals surface area contributed by atoms with Gasteiger partial charge >= 0.3 is 0 Å². The molecule has 0 amide bonds. The molecule has 5 heteroatoms. The number of rotatable bonds is 4. The summed E-state index contributed by atoms with van der Waals surface area (Å²) in [6, 6.07) is 11.8. The summed E-state index contributed by atoms with van der Waals surface area (Å²) in [6.45, 7) is 1.61. The molecule has 0 aliphatic carbocycles. The molecule has 106 valence electrons. The van der Waals surface area contributed by atoms with Crippen LogP contribution in [0, 0.1) is 0 Å². The van der Waals surface area contributed by atoms with E-state index in [1.807, 2.05) is 24.3 Å². The van der Waals surface area contributed by atoms with E-state index in [0.29, 0.717) is 5.56 Å². The summed E-state index contributed by atoms with van der Waals surface area (Å²) in [6.07, 6.45) is 0. The van der Waals surface area contributed by atoms with Crippen molar-refractivity contribution in [2.24, 2.45) is 0 Å². The zero-order valence-electron chi connectivity index (χ0n) is 11.0. The Morgan fingerprint density at radius 3 is 2.10 bits per heavy atom. The molecule has 0 heterocycles. The maximum absolute atomic E-state index is 9.70. The van der Waals surface area contributed by atoms with Crippen LogP contribution in [0.2, 0.25) is 0 Å². The highest BCUT2D eigenvalue weighted by Gasteiger charge is 2.26. The van der Waals surface area contributed by atoms with Crippen LogP contribution in [0.15, 0.2) is 46.9 Å². The molecule has 0 saturated heterocycles. The Balaban J connectivity index is 2.35. The minimum absolute atomic E-state index is 0.0442. The van der Waals surface area contributed by atoms with E-state index >= 15 is 0 Å². The molecule has 4 nitrogen and oxygen atoms in total. The van der Waals surface area contributed by atoms with Gasteiger partial charge in [0.05, 0.1) is 12.1 Å². The maximum atomic E-state index is 9.70. The van der Waals surface area contributed by atoms with Crippen LogP contribution in [-0.2, 0) is 5.54 Å². The molecule has 1 atom stereocenters. The first-order chi connectivity index (χ1) is 9.43. The highest BCUT2D eigenvalue weighted by molar-refractivity contribution is 9.10. The van der Waals surface area contributed by atoms with E-state index in [9.17, 15) is 15.3 Å². The third-order valence-electron chi connectivity index (χ3n) is 3.12. The Morgan fingerprint density at radius 1 is 1.05 bits per heavy atom. The average Bonchev–Trinajstić information content (AvgIpc) is 2.40. The van der Waals surface area contributed by atoms with Gasteiger partial charge in [0.1, 0.15) is 11.5 Å². The van der Waals surface area contributed by atoms with Gasteiger partial charge in [0.25, 0.3) is 0 Å². The topological polar surface area (TPSA) is 72.7 Å². The van der Waals surface area contributed by atoms with Crippen LogP contribution in [0.1, 0.15) is 12.5 Å². The summed E-state index contributed by atoms with van der Waals surface area (Å²) in [7, 11) is 0. The van der Waals surface area contributed by atoms with Crippen LogP contribution in [0.4, 0.5) is 5.69 Å². The lowest BCUT2D eigenvalue weighted by atomic mass is 9.92. The first-order valence-corrected chi connectivity index (χ1v) is 6.90. The smallest absolute Gasteiger partial charge is 0.119 e. The minimum Gasteiger partial charge on any atom is -0.508 e. The van der Waals surface area contributed by atoms with E-state index in [1.54, 1.807) is 6.92 Å². The Bertz CT molecular complexity index is 580. The molecule has 1 unspecified atom stereocenters. The van der Waals surface area contributed by atoms with E-state index in [0.717, 1.165) is 10.2 Å². The van der Waals surface area contributed by atoms with Crippen molar-refractivity contribution in [2.75, 3.05) is 11.9 Å². The maximum Gasteiger partial charge on any atom is 0.119 e. The van der Waals surface area contributed by atoms with Gasteiger partial charge in [-0.25, -0.2) is 0 Å². The molecule has 2 aromatic carbocycles. The molecule has 0 aliphatic heterocycles. The molecule has 0 fully saturated rings. The molecule has 0 bridgehead atoms. The molecule has 0 aromatic heterocycles. The fraction of sp³-hybridized carbons (Fsp3) is 0.200. The van der Waals surface area contributed by atoms with Crippen LogP contribution >= 0.6 is 15.9 Å². The van der Waals surface area contributed by atoms with Gasteiger partial charge in [-0.1, -0.05) is 15.9 Å². The number of halogens is 1. The number of anilines is 1. The van der Waals surface area contributed by atoms with Crippen molar-refractivity contribution in [3.63, 3.8) is 0 Å². The number of aliphatic hydroxyl groups is 1. The summed E-state index contributed by atoms with van der Waals surface area (Å²) in [5.41, 5.74) is 0.609. The molecule has 0 saturated carbocycles. The van der Waals surface area contributed by atoms with Gasteiger partial charge in [0.2, 0.25) is 0 Å². The van der Waals surface area contributed by atoms with Crippen molar-refractivity contribution in [2.45, 2.75) is 12.5 Å². The highest BCUT2D eigenvalue weighted by atomic mass is 79.9. The number of hydrogen-bond acceptors (Lipinski definition) is 4. The molecule has 4 N–H and O–H groups in total. The molecule has 2 rings (SSSR count). The van der Waals surface area contributed by atoms with Crippen molar-refractivity contribution < 1.29 is 15.3 Å². The molecule has 0 spiro atoms. The fourth-order valence-corrected chi connectivity index (χ4v) is 2.23. The van der Waals surface area contributed by atoms with Crippen LogP contribution in [0.3, 0.4) is 0 Å². The Morgan fingerprint density at radius 2 is 1.60 bits per heavy atom. The predicted molar refractivity (Wildman–Crippen MR) is 82.0 cm³/mol. The lowest BCUT2D eigenvalue weighted by Crippen LogP contribution is -2.35. The summed E-state index contributed by atoms with van der Waals surface area (Å²) in [4.78, 5) is 0. The number of aliphatic hydroxyl groups excluding tert-OH is 1. The largest absolute Gasteiger partial charge is 0.508 e. The standard InChI is InChI=1S/C15H16BrNO3/c1-15(9-18,10-6-13(19)8-14(20)7-10)17-12-4-2-11(16)3-5-12/h2-8,17-20H,9H2,1H3. The Labute approximate surface area is 125 Å². The first kappa shape index (κ1) is 14.7. The minimum atomic E-state index is -0.815. The molecule has 0 aliphatic rings. The second-order valence-electron chi connectivity index (χ2n) is 4.86. The van der Waals surface area contributed by atoms with E-state index in [-0.39, 0.29) is 18.1 Å². The predicted octanol–water partition coefficient (Wildman–Crippen LogP) is 3.18. The van der Waals surface area contributed by atoms with Crippen LogP contribution < -0.4 is 5.32 Å². The van der Waals surface area contributed by atoms with E-state index in [1.165, 1.54) is 18.2 Å². The fourth-order valence-electron chi connectivity index (χ4n) is 1.97. The van der Waals surface area contributed by atoms with Crippen molar-refractivity contribution >= 4 is 21.6 Å². The Kier molecular flexibility index (Phi) is 4.20. The van der Waals surface area contributed by atoms with Gasteiger partial charge < -0.3 is 20.6 Å². The van der Waals surface area contributed by atoms with Crippen molar-refractivity contribution in [1.82, 2.24) is 0 Å². The molecule has 20 heavy (non-hydrogen) atoms. The molecule has 0 radical (unpaired) electrons. The zero-order chi connectivity index (χ0) is 14.8. The lowest BCUT2D eigenvalue weighted by molar-refractivity contribution is 0.223. The van der Waals surface area contributed by atoms with Crippen LogP contribution in [-0.4, -0.2) is 21.9 Å². The summed E-state index contributed by atoms with van der Waals surface area (Å²) < 4.78 is 0.962. The second-order valence-corrected chi connectivity index (χ2v) is 5.78. The van der Waals surface area contributed by atoms with Gasteiger partial charge in [-0.15, -0.1) is 0 Å². The number of nitrogens with one attached hydrogen (secondary N) is 1. The second kappa shape index (κ2) is 5.73. The third-order valence-corrected chi connectivity index (χ3v) is 3.65. The van der Waals surface area contributed by atoms with Gasteiger partial charge in [-0.05, 0) is 48.9 Å². The average molecular weight is 338 g/mol. The zero-order valence-corrected chi connectivity index (χ0v) is 12.6. The summed E-state index contributed by atoms with van der Waals surface area (Å²) in [5.74, 6) is -0.0884. The number of hydrogen-bond donors (Lipinski definition) is 4. The number of aromatic hydroxyl groups is 2. The van der Waals surface area contributed by atoms with Gasteiger partial charge in [0.15, 0.2) is 0 Å².